The lowest BCUT2D eigenvalue weighted by Gasteiger charge is -2.11. The van der Waals surface area contributed by atoms with Gasteiger partial charge in [0, 0.05) is 24.0 Å². The van der Waals surface area contributed by atoms with Crippen molar-refractivity contribution in [3.05, 3.63) is 76.0 Å². The summed E-state index contributed by atoms with van der Waals surface area (Å²) in [6, 6.07) is 11.6. The van der Waals surface area contributed by atoms with Gasteiger partial charge in [-0.2, -0.15) is 0 Å². The number of amides is 1. The topological polar surface area (TPSA) is 51.2 Å². The minimum atomic E-state index is -0.296. The maximum atomic E-state index is 12.9. The fraction of sp³-hybridized carbons (Fsp3) is 0.200. The fourth-order valence-electron chi connectivity index (χ4n) is 2.46. The molecular weight excluding hydrogens is 351 g/mol. The lowest BCUT2D eigenvalue weighted by molar-refractivity contribution is -0.121. The van der Waals surface area contributed by atoms with Crippen molar-refractivity contribution in [1.29, 1.82) is 0 Å². The van der Waals surface area contributed by atoms with Gasteiger partial charge in [0.15, 0.2) is 0 Å². The second-order valence-corrected chi connectivity index (χ2v) is 6.87. The molecule has 4 nitrogen and oxygen atoms in total. The predicted molar refractivity (Wildman–Crippen MR) is 99.9 cm³/mol. The molecule has 0 aliphatic heterocycles. The van der Waals surface area contributed by atoms with Gasteiger partial charge in [0.05, 0.1) is 5.51 Å². The summed E-state index contributed by atoms with van der Waals surface area (Å²) in [7, 11) is 0. The molecule has 0 unspecified atom stereocenters. The van der Waals surface area contributed by atoms with Crippen LogP contribution in [0, 0.1) is 12.7 Å². The Balaban J connectivity index is 1.52. The van der Waals surface area contributed by atoms with Crippen LogP contribution >= 0.6 is 11.3 Å². The van der Waals surface area contributed by atoms with Crippen molar-refractivity contribution < 1.29 is 13.9 Å². The van der Waals surface area contributed by atoms with Crippen LogP contribution in [0.2, 0.25) is 0 Å². The molecule has 26 heavy (non-hydrogen) atoms. The van der Waals surface area contributed by atoms with Gasteiger partial charge in [-0.1, -0.05) is 12.1 Å². The number of hydrogen-bond acceptors (Lipinski definition) is 4. The summed E-state index contributed by atoms with van der Waals surface area (Å²) in [5, 5.41) is 2.93. The number of aromatic nitrogens is 1. The average molecular weight is 370 g/mol. The van der Waals surface area contributed by atoms with Gasteiger partial charge in [0.1, 0.15) is 17.3 Å². The van der Waals surface area contributed by atoms with E-state index in [0.717, 1.165) is 16.0 Å². The summed E-state index contributed by atoms with van der Waals surface area (Å²) < 4.78 is 18.7. The first-order valence-corrected chi connectivity index (χ1v) is 9.15. The monoisotopic (exact) mass is 370 g/mol. The molecule has 134 valence electrons. The summed E-state index contributed by atoms with van der Waals surface area (Å²) in [4.78, 5) is 17.1. The molecule has 0 radical (unpaired) electrons. The molecule has 6 heteroatoms. The Labute approximate surface area is 155 Å². The number of thiazole rings is 1. The quantitative estimate of drug-likeness (QED) is 0.660. The predicted octanol–water partition coefficient (Wildman–Crippen LogP) is 4.63. The molecule has 0 saturated carbocycles. The van der Waals surface area contributed by atoms with Crippen LogP contribution in [-0.2, 0) is 17.8 Å². The molecule has 1 heterocycles. The van der Waals surface area contributed by atoms with Crippen LogP contribution in [0.4, 0.5) is 4.39 Å². The molecule has 1 N–H and O–H groups in total. The van der Waals surface area contributed by atoms with Gasteiger partial charge in [0.25, 0.3) is 0 Å². The number of carbonyl (C=O) groups excluding carboxylic acids is 1. The molecular formula is C20H19FN2O2S. The van der Waals surface area contributed by atoms with E-state index in [2.05, 4.69) is 10.3 Å². The zero-order chi connectivity index (χ0) is 18.4. The number of ether oxygens (including phenoxy) is 1. The molecule has 0 aliphatic rings. The first-order valence-electron chi connectivity index (χ1n) is 8.27. The zero-order valence-electron chi connectivity index (χ0n) is 14.4. The highest BCUT2D eigenvalue weighted by Gasteiger charge is 2.06. The SMILES string of the molecule is Cc1cc(CNC(=O)CCc2cncs2)ccc1Oc1ccc(F)cc1. The van der Waals surface area contributed by atoms with E-state index in [1.807, 2.05) is 25.1 Å². The molecule has 1 aromatic heterocycles. The summed E-state index contributed by atoms with van der Waals surface area (Å²) >= 11 is 1.56. The molecule has 2 aromatic carbocycles. The summed E-state index contributed by atoms with van der Waals surface area (Å²) in [6.07, 6.45) is 2.95. The zero-order valence-corrected chi connectivity index (χ0v) is 15.2. The Morgan fingerprint density at radius 3 is 2.73 bits per heavy atom. The summed E-state index contributed by atoms with van der Waals surface area (Å²) in [5.41, 5.74) is 3.72. The van der Waals surface area contributed by atoms with Crippen LogP contribution in [0.25, 0.3) is 0 Å². The molecule has 0 spiro atoms. The Morgan fingerprint density at radius 2 is 2.04 bits per heavy atom. The molecule has 0 fully saturated rings. The molecule has 0 atom stereocenters. The Morgan fingerprint density at radius 1 is 1.23 bits per heavy atom. The van der Waals surface area contributed by atoms with Crippen LogP contribution in [0.3, 0.4) is 0 Å². The smallest absolute Gasteiger partial charge is 0.220 e. The third-order valence-electron chi connectivity index (χ3n) is 3.85. The third-order valence-corrected chi connectivity index (χ3v) is 4.69. The number of hydrogen-bond donors (Lipinski definition) is 1. The van der Waals surface area contributed by atoms with Crippen LogP contribution in [0.5, 0.6) is 11.5 Å². The van der Waals surface area contributed by atoms with Crippen molar-refractivity contribution in [3.63, 3.8) is 0 Å². The average Bonchev–Trinajstić information content (AvgIpc) is 3.15. The first kappa shape index (κ1) is 18.1. The number of carbonyl (C=O) groups is 1. The highest BCUT2D eigenvalue weighted by molar-refractivity contribution is 7.09. The molecule has 0 bridgehead atoms. The van der Waals surface area contributed by atoms with E-state index >= 15 is 0 Å². The minimum Gasteiger partial charge on any atom is -0.457 e. The van der Waals surface area contributed by atoms with E-state index in [4.69, 9.17) is 4.74 Å². The highest BCUT2D eigenvalue weighted by Crippen LogP contribution is 2.26. The van der Waals surface area contributed by atoms with Gasteiger partial charge < -0.3 is 10.1 Å². The molecule has 0 aliphatic carbocycles. The molecule has 3 rings (SSSR count). The van der Waals surface area contributed by atoms with Crippen molar-refractivity contribution in [2.75, 3.05) is 0 Å². The third kappa shape index (κ3) is 5.13. The lowest BCUT2D eigenvalue weighted by Crippen LogP contribution is -2.22. The van der Waals surface area contributed by atoms with Crippen LogP contribution in [0.1, 0.15) is 22.4 Å². The van der Waals surface area contributed by atoms with Gasteiger partial charge >= 0.3 is 0 Å². The first-order chi connectivity index (χ1) is 12.6. The second kappa shape index (κ2) is 8.58. The maximum absolute atomic E-state index is 12.9. The number of halogens is 1. The van der Waals surface area contributed by atoms with Crippen LogP contribution in [-0.4, -0.2) is 10.9 Å². The lowest BCUT2D eigenvalue weighted by atomic mass is 10.1. The Hall–Kier alpha value is -2.73. The number of nitrogens with zero attached hydrogens (tertiary/aromatic N) is 1. The molecule has 0 saturated heterocycles. The van der Waals surface area contributed by atoms with Gasteiger partial charge in [-0.25, -0.2) is 4.39 Å². The van der Waals surface area contributed by atoms with Gasteiger partial charge in [-0.3, -0.25) is 9.78 Å². The number of aryl methyl sites for hydroxylation is 2. The standard InChI is InChI=1S/C20H19FN2O2S/c1-14-10-15(11-23-20(24)9-7-18-12-22-13-26-18)2-8-19(14)25-17-5-3-16(21)4-6-17/h2-6,8,10,12-13H,7,9,11H2,1H3,(H,23,24). The van der Waals surface area contributed by atoms with Gasteiger partial charge in [-0.15, -0.1) is 11.3 Å². The molecule has 1 amide bonds. The van der Waals surface area contributed by atoms with Crippen molar-refractivity contribution in [2.45, 2.75) is 26.3 Å². The number of rotatable bonds is 7. The normalized spacial score (nSPS) is 10.5. The van der Waals surface area contributed by atoms with E-state index in [-0.39, 0.29) is 11.7 Å². The van der Waals surface area contributed by atoms with Crippen molar-refractivity contribution >= 4 is 17.2 Å². The van der Waals surface area contributed by atoms with E-state index in [0.29, 0.717) is 30.9 Å². The van der Waals surface area contributed by atoms with Crippen molar-refractivity contribution in [2.24, 2.45) is 0 Å². The number of benzene rings is 2. The Bertz CT molecular complexity index is 864. The maximum Gasteiger partial charge on any atom is 0.220 e. The van der Waals surface area contributed by atoms with Crippen LogP contribution in [0.15, 0.2) is 54.2 Å². The van der Waals surface area contributed by atoms with E-state index in [1.54, 1.807) is 35.2 Å². The van der Waals surface area contributed by atoms with Crippen molar-refractivity contribution in [1.82, 2.24) is 10.3 Å². The van der Waals surface area contributed by atoms with E-state index < -0.39 is 0 Å². The van der Waals surface area contributed by atoms with E-state index in [9.17, 15) is 9.18 Å². The summed E-state index contributed by atoms with van der Waals surface area (Å²) in [5.74, 6) is 1.01. The largest absolute Gasteiger partial charge is 0.457 e. The van der Waals surface area contributed by atoms with Gasteiger partial charge in [-0.05, 0) is 54.8 Å². The fourth-order valence-corrected chi connectivity index (χ4v) is 3.06. The molecule has 3 aromatic rings. The Kier molecular flexibility index (Phi) is 5.96. The minimum absolute atomic E-state index is 0.0164. The second-order valence-electron chi connectivity index (χ2n) is 5.90. The van der Waals surface area contributed by atoms with E-state index in [1.165, 1.54) is 12.1 Å². The van der Waals surface area contributed by atoms with Crippen LogP contribution < -0.4 is 10.1 Å². The summed E-state index contributed by atoms with van der Waals surface area (Å²) in [6.45, 7) is 2.41. The highest BCUT2D eigenvalue weighted by atomic mass is 32.1. The number of nitrogens with one attached hydrogen (secondary N) is 1. The van der Waals surface area contributed by atoms with Gasteiger partial charge in [0.2, 0.25) is 5.91 Å². The van der Waals surface area contributed by atoms with Crippen molar-refractivity contribution in [3.8, 4) is 11.5 Å².